The fraction of sp³-hybridized carbons (Fsp3) is 0.438. The lowest BCUT2D eigenvalue weighted by Gasteiger charge is -2.33. The molecule has 0 radical (unpaired) electrons. The fourth-order valence-corrected chi connectivity index (χ4v) is 2.61. The number of rotatable bonds is 3. The molecule has 2 rings (SSSR count). The van der Waals surface area contributed by atoms with Crippen LogP contribution in [-0.2, 0) is 0 Å². The molecule has 18 heavy (non-hydrogen) atoms. The van der Waals surface area contributed by atoms with Gasteiger partial charge in [0.05, 0.1) is 17.6 Å². The van der Waals surface area contributed by atoms with Gasteiger partial charge in [0.15, 0.2) is 0 Å². The van der Waals surface area contributed by atoms with Crippen LogP contribution in [0.5, 0.6) is 0 Å². The minimum Gasteiger partial charge on any atom is -0.387 e. The number of nitriles is 1. The van der Waals surface area contributed by atoms with E-state index in [0.29, 0.717) is 0 Å². The third-order valence-corrected chi connectivity index (χ3v) is 3.81. The van der Waals surface area contributed by atoms with Crippen LogP contribution in [0, 0.1) is 16.7 Å². The molecule has 0 aliphatic heterocycles. The van der Waals surface area contributed by atoms with Crippen LogP contribution in [0.2, 0.25) is 0 Å². The Kier molecular flexibility index (Phi) is 4.17. The van der Waals surface area contributed by atoms with Gasteiger partial charge in [-0.1, -0.05) is 61.7 Å². The van der Waals surface area contributed by atoms with Crippen LogP contribution in [-0.4, -0.2) is 11.2 Å². The van der Waals surface area contributed by atoms with Crippen molar-refractivity contribution in [3.63, 3.8) is 0 Å². The van der Waals surface area contributed by atoms with Crippen molar-refractivity contribution in [1.29, 1.82) is 5.26 Å². The zero-order valence-corrected chi connectivity index (χ0v) is 10.5. The summed E-state index contributed by atoms with van der Waals surface area (Å²) in [5.74, 6) is 0. The Bertz CT molecular complexity index is 438. The zero-order chi connectivity index (χ0) is 12.8. The van der Waals surface area contributed by atoms with Gasteiger partial charge in [0.1, 0.15) is 0 Å². The molecule has 1 atom stereocenters. The number of aliphatic hydroxyl groups is 1. The highest BCUT2D eigenvalue weighted by Gasteiger charge is 2.37. The minimum atomic E-state index is -0.664. The topological polar surface area (TPSA) is 44.0 Å². The number of hydrogen-bond donors (Lipinski definition) is 1. The summed E-state index contributed by atoms with van der Waals surface area (Å²) in [5.41, 5.74) is 0.490. The molecule has 0 heterocycles. The number of aliphatic hydroxyl groups excluding tert-OH is 1. The highest BCUT2D eigenvalue weighted by atomic mass is 16.3. The first-order valence-electron chi connectivity index (χ1n) is 6.59. The van der Waals surface area contributed by atoms with Gasteiger partial charge in [-0.2, -0.15) is 5.26 Å². The van der Waals surface area contributed by atoms with Crippen LogP contribution < -0.4 is 0 Å². The van der Waals surface area contributed by atoms with Crippen LogP contribution in [0.3, 0.4) is 0 Å². The molecule has 1 aromatic rings. The van der Waals surface area contributed by atoms with Crippen LogP contribution >= 0.6 is 0 Å². The summed E-state index contributed by atoms with van der Waals surface area (Å²) in [7, 11) is 0. The van der Waals surface area contributed by atoms with Gasteiger partial charge in [-0.05, 0) is 18.4 Å². The molecule has 1 fully saturated rings. The lowest BCUT2D eigenvalue weighted by atomic mass is 9.71. The van der Waals surface area contributed by atoms with E-state index in [1.807, 2.05) is 36.4 Å². The van der Waals surface area contributed by atoms with E-state index in [1.165, 1.54) is 6.42 Å². The molecule has 1 aromatic carbocycles. The van der Waals surface area contributed by atoms with E-state index < -0.39 is 11.5 Å². The summed E-state index contributed by atoms with van der Waals surface area (Å²) in [5, 5.41) is 19.6. The Morgan fingerprint density at radius 1 is 1.17 bits per heavy atom. The SMILES string of the molecule is N#CC1(C(O)/C=C/c2ccccc2)CCCCC1. The van der Waals surface area contributed by atoms with Crippen molar-refractivity contribution in [2.24, 2.45) is 5.41 Å². The maximum Gasteiger partial charge on any atom is 0.0910 e. The summed E-state index contributed by atoms with van der Waals surface area (Å²) in [6.45, 7) is 0. The second-order valence-corrected chi connectivity index (χ2v) is 5.04. The Morgan fingerprint density at radius 3 is 2.44 bits per heavy atom. The first-order valence-corrected chi connectivity index (χ1v) is 6.59. The van der Waals surface area contributed by atoms with Crippen molar-refractivity contribution in [2.45, 2.75) is 38.2 Å². The molecule has 2 heteroatoms. The lowest BCUT2D eigenvalue weighted by molar-refractivity contribution is 0.0741. The van der Waals surface area contributed by atoms with Crippen molar-refractivity contribution < 1.29 is 5.11 Å². The molecule has 1 unspecified atom stereocenters. The van der Waals surface area contributed by atoms with E-state index >= 15 is 0 Å². The van der Waals surface area contributed by atoms with E-state index in [4.69, 9.17) is 0 Å². The van der Waals surface area contributed by atoms with E-state index in [2.05, 4.69) is 6.07 Å². The van der Waals surface area contributed by atoms with Gasteiger partial charge < -0.3 is 5.11 Å². The Morgan fingerprint density at radius 2 is 1.83 bits per heavy atom. The first-order chi connectivity index (χ1) is 8.77. The first kappa shape index (κ1) is 12.9. The smallest absolute Gasteiger partial charge is 0.0910 e. The molecule has 0 aromatic heterocycles. The molecule has 0 saturated heterocycles. The molecule has 0 bridgehead atoms. The van der Waals surface area contributed by atoms with Gasteiger partial charge >= 0.3 is 0 Å². The Labute approximate surface area is 109 Å². The minimum absolute atomic E-state index is 0.566. The Balaban J connectivity index is 2.09. The van der Waals surface area contributed by atoms with Gasteiger partial charge in [0.25, 0.3) is 0 Å². The number of hydrogen-bond acceptors (Lipinski definition) is 2. The predicted molar refractivity (Wildman–Crippen MR) is 72.6 cm³/mol. The molecule has 1 saturated carbocycles. The zero-order valence-electron chi connectivity index (χ0n) is 10.5. The number of benzene rings is 1. The monoisotopic (exact) mass is 241 g/mol. The van der Waals surface area contributed by atoms with Crippen molar-refractivity contribution >= 4 is 6.08 Å². The maximum atomic E-state index is 10.3. The summed E-state index contributed by atoms with van der Waals surface area (Å²) >= 11 is 0. The molecule has 1 N–H and O–H groups in total. The highest BCUT2D eigenvalue weighted by Crippen LogP contribution is 2.39. The van der Waals surface area contributed by atoms with Crippen LogP contribution in [0.4, 0.5) is 0 Å². The molecule has 0 spiro atoms. The van der Waals surface area contributed by atoms with Crippen molar-refractivity contribution in [3.05, 3.63) is 42.0 Å². The number of nitrogens with zero attached hydrogens (tertiary/aromatic N) is 1. The van der Waals surface area contributed by atoms with Crippen molar-refractivity contribution in [2.75, 3.05) is 0 Å². The van der Waals surface area contributed by atoms with Crippen molar-refractivity contribution in [1.82, 2.24) is 0 Å². The molecular weight excluding hydrogens is 222 g/mol. The molecule has 1 aliphatic rings. The standard InChI is InChI=1S/C16H19NO/c17-13-16(11-5-2-6-12-16)15(18)10-9-14-7-3-1-4-8-14/h1,3-4,7-10,15,18H,2,5-6,11-12H2/b10-9+. The van der Waals surface area contributed by atoms with Crippen molar-refractivity contribution in [3.8, 4) is 6.07 Å². The Hall–Kier alpha value is -1.59. The quantitative estimate of drug-likeness (QED) is 0.879. The molecule has 94 valence electrons. The summed E-state index contributed by atoms with van der Waals surface area (Å²) < 4.78 is 0. The van der Waals surface area contributed by atoms with Gasteiger partial charge in [-0.15, -0.1) is 0 Å². The van der Waals surface area contributed by atoms with E-state index in [1.54, 1.807) is 6.08 Å². The summed E-state index contributed by atoms with van der Waals surface area (Å²) in [4.78, 5) is 0. The summed E-state index contributed by atoms with van der Waals surface area (Å²) in [6.07, 6.45) is 7.89. The third-order valence-electron chi connectivity index (χ3n) is 3.81. The largest absolute Gasteiger partial charge is 0.387 e. The van der Waals surface area contributed by atoms with Crippen LogP contribution in [0.15, 0.2) is 36.4 Å². The van der Waals surface area contributed by atoms with Gasteiger partial charge in [-0.3, -0.25) is 0 Å². The fourth-order valence-electron chi connectivity index (χ4n) is 2.61. The maximum absolute atomic E-state index is 10.3. The van der Waals surface area contributed by atoms with Gasteiger partial charge in [-0.25, -0.2) is 0 Å². The molecule has 0 amide bonds. The third kappa shape index (κ3) is 2.80. The van der Waals surface area contributed by atoms with E-state index in [9.17, 15) is 10.4 Å². The second kappa shape index (κ2) is 5.84. The normalized spacial score (nSPS) is 20.4. The van der Waals surface area contributed by atoms with Gasteiger partial charge in [0, 0.05) is 0 Å². The van der Waals surface area contributed by atoms with Crippen LogP contribution in [0.1, 0.15) is 37.7 Å². The van der Waals surface area contributed by atoms with E-state index in [0.717, 1.165) is 31.2 Å². The predicted octanol–water partition coefficient (Wildman–Crippen LogP) is 3.53. The highest BCUT2D eigenvalue weighted by molar-refractivity contribution is 5.49. The summed E-state index contributed by atoms with van der Waals surface area (Å²) in [6, 6.07) is 12.2. The average molecular weight is 241 g/mol. The average Bonchev–Trinajstić information content (AvgIpc) is 2.46. The van der Waals surface area contributed by atoms with E-state index in [-0.39, 0.29) is 0 Å². The molecular formula is C16H19NO. The van der Waals surface area contributed by atoms with Gasteiger partial charge in [0.2, 0.25) is 0 Å². The second-order valence-electron chi connectivity index (χ2n) is 5.04. The molecule has 1 aliphatic carbocycles. The molecule has 2 nitrogen and oxygen atoms in total. The lowest BCUT2D eigenvalue weighted by Crippen LogP contribution is -2.34. The van der Waals surface area contributed by atoms with Crippen LogP contribution in [0.25, 0.3) is 6.08 Å².